The number of halogens is 1. The Hall–Kier alpha value is -2.58. The van der Waals surface area contributed by atoms with Crippen LogP contribution in [0.5, 0.6) is 0 Å². The number of tetrazole rings is 1. The molecule has 138 valence electrons. The molecule has 0 amide bonds. The van der Waals surface area contributed by atoms with E-state index < -0.39 is 0 Å². The minimum Gasteiger partial charge on any atom is -0.290 e. The van der Waals surface area contributed by atoms with E-state index in [0.717, 1.165) is 29.8 Å². The fraction of sp³-hybridized carbons (Fsp3) is 0.278. The van der Waals surface area contributed by atoms with E-state index in [9.17, 15) is 4.79 Å². The highest BCUT2D eigenvalue weighted by Gasteiger charge is 2.13. The number of fused-ring (bicyclic) bond motifs is 1. The maximum atomic E-state index is 12.9. The van der Waals surface area contributed by atoms with Crippen molar-refractivity contribution in [3.8, 4) is 10.4 Å². The van der Waals surface area contributed by atoms with Crippen LogP contribution in [-0.2, 0) is 13.1 Å². The number of hydrogen-bond donors (Lipinski definition) is 0. The van der Waals surface area contributed by atoms with Gasteiger partial charge in [-0.05, 0) is 40.6 Å². The first-order chi connectivity index (χ1) is 13.2. The maximum Gasteiger partial charge on any atom is 0.271 e. The Kier molecular flexibility index (Phi) is 5.00. The van der Waals surface area contributed by atoms with E-state index in [1.54, 1.807) is 15.6 Å². The van der Waals surface area contributed by atoms with Gasteiger partial charge in [0, 0.05) is 16.4 Å². The van der Waals surface area contributed by atoms with Crippen molar-refractivity contribution < 1.29 is 0 Å². The second kappa shape index (κ2) is 7.58. The Balaban J connectivity index is 1.67. The summed E-state index contributed by atoms with van der Waals surface area (Å²) in [6, 6.07) is 9.48. The molecule has 0 atom stereocenters. The van der Waals surface area contributed by atoms with Gasteiger partial charge in [0.1, 0.15) is 4.70 Å². The molecule has 0 aliphatic rings. The van der Waals surface area contributed by atoms with Crippen molar-refractivity contribution in [2.24, 2.45) is 0 Å². The van der Waals surface area contributed by atoms with Crippen LogP contribution in [0, 0.1) is 0 Å². The standard InChI is InChI=1S/C18H17ClN6OS/c1-2-3-8-25-16(21-22-23-25)10-24-11-20-14-9-15(27-17(14)18(24)26)12-4-6-13(19)7-5-12/h4-7,9,11H,2-3,8,10H2,1H3. The molecule has 1 aromatic carbocycles. The molecule has 0 bridgehead atoms. The fourth-order valence-corrected chi connectivity index (χ4v) is 3.98. The summed E-state index contributed by atoms with van der Waals surface area (Å²) in [4.78, 5) is 18.3. The largest absolute Gasteiger partial charge is 0.290 e. The van der Waals surface area contributed by atoms with Crippen molar-refractivity contribution in [1.82, 2.24) is 29.8 Å². The quantitative estimate of drug-likeness (QED) is 0.494. The Labute approximate surface area is 164 Å². The molecule has 9 heteroatoms. The van der Waals surface area contributed by atoms with Gasteiger partial charge in [0.25, 0.3) is 5.56 Å². The van der Waals surface area contributed by atoms with Gasteiger partial charge in [-0.15, -0.1) is 16.4 Å². The summed E-state index contributed by atoms with van der Waals surface area (Å²) in [5, 5.41) is 12.5. The molecule has 0 saturated carbocycles. The number of thiophene rings is 1. The number of aryl methyl sites for hydroxylation is 1. The summed E-state index contributed by atoms with van der Waals surface area (Å²) in [6.45, 7) is 3.15. The molecule has 0 saturated heterocycles. The van der Waals surface area contributed by atoms with E-state index in [-0.39, 0.29) is 5.56 Å². The lowest BCUT2D eigenvalue weighted by molar-refractivity contribution is 0.521. The third-order valence-corrected chi connectivity index (χ3v) is 5.69. The van der Waals surface area contributed by atoms with E-state index in [1.807, 2.05) is 30.3 Å². The Morgan fingerprint density at radius 1 is 1.22 bits per heavy atom. The van der Waals surface area contributed by atoms with Crippen LogP contribution < -0.4 is 5.56 Å². The van der Waals surface area contributed by atoms with Crippen LogP contribution in [0.25, 0.3) is 20.7 Å². The minimum absolute atomic E-state index is 0.0877. The lowest BCUT2D eigenvalue weighted by Gasteiger charge is -2.05. The first kappa shape index (κ1) is 17.8. The van der Waals surface area contributed by atoms with Crippen LogP contribution in [0.3, 0.4) is 0 Å². The van der Waals surface area contributed by atoms with E-state index in [4.69, 9.17) is 11.6 Å². The third-order valence-electron chi connectivity index (χ3n) is 4.27. The summed E-state index contributed by atoms with van der Waals surface area (Å²) < 4.78 is 3.92. The lowest BCUT2D eigenvalue weighted by atomic mass is 10.2. The molecule has 0 aliphatic carbocycles. The molecule has 7 nitrogen and oxygen atoms in total. The van der Waals surface area contributed by atoms with Gasteiger partial charge in [-0.3, -0.25) is 9.36 Å². The Morgan fingerprint density at radius 2 is 2.04 bits per heavy atom. The zero-order chi connectivity index (χ0) is 18.8. The van der Waals surface area contributed by atoms with Gasteiger partial charge < -0.3 is 0 Å². The summed E-state index contributed by atoms with van der Waals surface area (Å²) in [6.07, 6.45) is 3.59. The van der Waals surface area contributed by atoms with Crippen molar-refractivity contribution in [2.75, 3.05) is 0 Å². The molecule has 4 rings (SSSR count). The van der Waals surface area contributed by atoms with Gasteiger partial charge in [-0.25, -0.2) is 9.67 Å². The molecule has 0 spiro atoms. The lowest BCUT2D eigenvalue weighted by Crippen LogP contribution is -2.22. The second-order valence-corrected chi connectivity index (χ2v) is 7.67. The van der Waals surface area contributed by atoms with Crippen LogP contribution in [-0.4, -0.2) is 29.8 Å². The number of hydrogen-bond acceptors (Lipinski definition) is 6. The minimum atomic E-state index is -0.0877. The van der Waals surface area contributed by atoms with E-state index in [1.165, 1.54) is 11.3 Å². The van der Waals surface area contributed by atoms with Crippen LogP contribution in [0.1, 0.15) is 25.6 Å². The van der Waals surface area contributed by atoms with Crippen molar-refractivity contribution in [3.05, 3.63) is 57.9 Å². The molecule has 0 N–H and O–H groups in total. The molecule has 0 radical (unpaired) electrons. The van der Waals surface area contributed by atoms with E-state index >= 15 is 0 Å². The van der Waals surface area contributed by atoms with Crippen molar-refractivity contribution in [1.29, 1.82) is 0 Å². The van der Waals surface area contributed by atoms with Crippen LogP contribution in [0.2, 0.25) is 5.02 Å². The smallest absolute Gasteiger partial charge is 0.271 e. The number of aromatic nitrogens is 6. The summed E-state index contributed by atoms with van der Waals surface area (Å²) in [7, 11) is 0. The molecule has 0 fully saturated rings. The maximum absolute atomic E-state index is 12.9. The van der Waals surface area contributed by atoms with Crippen molar-refractivity contribution in [2.45, 2.75) is 32.9 Å². The summed E-state index contributed by atoms with van der Waals surface area (Å²) in [5.41, 5.74) is 1.61. The molecule has 4 aromatic rings. The fourth-order valence-electron chi connectivity index (χ4n) is 2.78. The number of benzene rings is 1. The number of unbranched alkanes of at least 4 members (excludes halogenated alkanes) is 1. The number of rotatable bonds is 6. The van der Waals surface area contributed by atoms with E-state index in [2.05, 4.69) is 27.4 Å². The van der Waals surface area contributed by atoms with Crippen molar-refractivity contribution >= 4 is 33.2 Å². The molecular weight excluding hydrogens is 384 g/mol. The molecular formula is C18H17ClN6OS. The van der Waals surface area contributed by atoms with Gasteiger partial charge in [0.15, 0.2) is 5.82 Å². The molecule has 3 aromatic heterocycles. The highest BCUT2D eigenvalue weighted by Crippen LogP contribution is 2.31. The van der Waals surface area contributed by atoms with Gasteiger partial charge in [-0.1, -0.05) is 37.1 Å². The molecule has 0 unspecified atom stereocenters. The Bertz CT molecular complexity index is 1130. The first-order valence-corrected chi connectivity index (χ1v) is 9.85. The molecule has 27 heavy (non-hydrogen) atoms. The topological polar surface area (TPSA) is 78.5 Å². The average Bonchev–Trinajstić information content (AvgIpc) is 3.30. The van der Waals surface area contributed by atoms with E-state index in [0.29, 0.717) is 27.6 Å². The van der Waals surface area contributed by atoms with Crippen LogP contribution in [0.15, 0.2) is 41.5 Å². The van der Waals surface area contributed by atoms with Gasteiger partial charge in [0.05, 0.1) is 18.4 Å². The third kappa shape index (κ3) is 3.63. The zero-order valence-corrected chi connectivity index (χ0v) is 16.2. The summed E-state index contributed by atoms with van der Waals surface area (Å²) >= 11 is 7.39. The second-order valence-electron chi connectivity index (χ2n) is 6.18. The van der Waals surface area contributed by atoms with Crippen LogP contribution >= 0.6 is 22.9 Å². The Morgan fingerprint density at radius 3 is 2.81 bits per heavy atom. The highest BCUT2D eigenvalue weighted by molar-refractivity contribution is 7.22. The average molecular weight is 401 g/mol. The molecule has 0 aliphatic heterocycles. The summed E-state index contributed by atoms with van der Waals surface area (Å²) in [5.74, 6) is 0.654. The molecule has 3 heterocycles. The van der Waals surface area contributed by atoms with Gasteiger partial charge in [-0.2, -0.15) is 0 Å². The normalized spacial score (nSPS) is 11.3. The van der Waals surface area contributed by atoms with Gasteiger partial charge in [0.2, 0.25) is 0 Å². The zero-order valence-electron chi connectivity index (χ0n) is 14.7. The number of nitrogens with zero attached hydrogens (tertiary/aromatic N) is 6. The van der Waals surface area contributed by atoms with Crippen LogP contribution in [0.4, 0.5) is 0 Å². The van der Waals surface area contributed by atoms with Crippen molar-refractivity contribution in [3.63, 3.8) is 0 Å². The monoisotopic (exact) mass is 400 g/mol. The first-order valence-electron chi connectivity index (χ1n) is 8.65. The highest BCUT2D eigenvalue weighted by atomic mass is 35.5. The predicted octanol–water partition coefficient (Wildman–Crippen LogP) is 3.61. The SMILES string of the molecule is CCCCn1nnnc1Cn1cnc2cc(-c3ccc(Cl)cc3)sc2c1=O. The van der Waals surface area contributed by atoms with Gasteiger partial charge >= 0.3 is 0 Å². The predicted molar refractivity (Wildman–Crippen MR) is 106 cm³/mol.